The van der Waals surface area contributed by atoms with Crippen LogP contribution in [0.4, 0.5) is 14.5 Å². The summed E-state index contributed by atoms with van der Waals surface area (Å²) in [6, 6.07) is 6.18. The highest BCUT2D eigenvalue weighted by Gasteiger charge is 2.35. The van der Waals surface area contributed by atoms with E-state index in [1.807, 2.05) is 0 Å². The summed E-state index contributed by atoms with van der Waals surface area (Å²) in [4.78, 5) is 24.5. The Morgan fingerprint density at radius 3 is 2.15 bits per heavy atom. The van der Waals surface area contributed by atoms with Crippen molar-refractivity contribution in [1.82, 2.24) is 4.57 Å². The highest BCUT2D eigenvalue weighted by molar-refractivity contribution is 6.04. The molecule has 0 spiro atoms. The highest BCUT2D eigenvalue weighted by atomic mass is 19.1. The second kappa shape index (κ2) is 8.45. The van der Waals surface area contributed by atoms with Crippen LogP contribution in [-0.2, 0) is 4.79 Å². The minimum atomic E-state index is -1.30. The Labute approximate surface area is 187 Å². The van der Waals surface area contributed by atoms with E-state index in [1.165, 1.54) is 32.1 Å². The van der Waals surface area contributed by atoms with Gasteiger partial charge in [-0.3, -0.25) is 4.79 Å². The standard InChI is InChI=1S/C23H20F2N2O6/c1-31-17-4-11(5-18(32-2)22(17)33-3)15-9-19(28)26-20-16(23(29)30)10-27(21(15)20)14-7-12(24)6-13(25)8-14/h4-8,10,15H,9H2,1-3H3,(H,26,28)(H,29,30)/t15-/m0/s1. The molecule has 10 heteroatoms. The van der Waals surface area contributed by atoms with Gasteiger partial charge >= 0.3 is 5.97 Å². The number of hydrogen-bond donors (Lipinski definition) is 2. The number of halogens is 2. The Kier molecular flexibility index (Phi) is 5.67. The third-order valence-corrected chi connectivity index (χ3v) is 5.47. The molecule has 2 N–H and O–H groups in total. The second-order valence-electron chi connectivity index (χ2n) is 7.37. The Morgan fingerprint density at radius 1 is 1.03 bits per heavy atom. The maximum Gasteiger partial charge on any atom is 0.339 e. The smallest absolute Gasteiger partial charge is 0.339 e. The molecular weight excluding hydrogens is 438 g/mol. The van der Waals surface area contributed by atoms with Crippen molar-refractivity contribution in [1.29, 1.82) is 0 Å². The molecule has 0 bridgehead atoms. The Bertz CT molecular complexity index is 1220. The first-order chi connectivity index (χ1) is 15.8. The molecule has 1 atom stereocenters. The van der Waals surface area contributed by atoms with E-state index >= 15 is 0 Å². The number of nitrogens with one attached hydrogen (secondary N) is 1. The number of ether oxygens (including phenoxy) is 3. The largest absolute Gasteiger partial charge is 0.493 e. The van der Waals surface area contributed by atoms with Gasteiger partial charge < -0.3 is 29.2 Å². The lowest BCUT2D eigenvalue weighted by Gasteiger charge is -2.27. The van der Waals surface area contributed by atoms with Crippen molar-refractivity contribution in [3.8, 4) is 22.9 Å². The van der Waals surface area contributed by atoms with Gasteiger partial charge in [0.15, 0.2) is 11.5 Å². The SMILES string of the molecule is COc1cc([C@@H]2CC(=O)Nc3c(C(=O)O)cn(-c4cc(F)cc(F)c4)c32)cc(OC)c1OC. The molecule has 1 aliphatic rings. The number of methoxy groups -OCH3 is 3. The number of benzene rings is 2. The van der Waals surface area contributed by atoms with E-state index in [0.717, 1.165) is 18.2 Å². The molecule has 0 saturated carbocycles. The quantitative estimate of drug-likeness (QED) is 0.580. The van der Waals surface area contributed by atoms with Gasteiger partial charge in [-0.25, -0.2) is 13.6 Å². The van der Waals surface area contributed by atoms with E-state index in [9.17, 15) is 23.5 Å². The van der Waals surface area contributed by atoms with Gasteiger partial charge in [-0.05, 0) is 29.8 Å². The summed E-state index contributed by atoms with van der Waals surface area (Å²) in [5.74, 6) is -3.01. The number of carboxylic acid groups (broad SMARTS) is 1. The van der Waals surface area contributed by atoms with E-state index < -0.39 is 29.4 Å². The summed E-state index contributed by atoms with van der Waals surface area (Å²) >= 11 is 0. The molecule has 2 aromatic carbocycles. The fourth-order valence-corrected chi connectivity index (χ4v) is 4.10. The lowest BCUT2D eigenvalue weighted by atomic mass is 9.87. The van der Waals surface area contributed by atoms with Gasteiger partial charge in [-0.1, -0.05) is 0 Å². The maximum atomic E-state index is 14.0. The van der Waals surface area contributed by atoms with Crippen LogP contribution in [0.15, 0.2) is 36.5 Å². The number of amides is 1. The normalized spacial score (nSPS) is 14.9. The minimum absolute atomic E-state index is 0.0491. The summed E-state index contributed by atoms with van der Waals surface area (Å²) in [7, 11) is 4.34. The van der Waals surface area contributed by atoms with Crippen LogP contribution in [0.2, 0.25) is 0 Å². The Morgan fingerprint density at radius 2 is 1.64 bits per heavy atom. The number of anilines is 1. The monoisotopic (exact) mass is 458 g/mol. The summed E-state index contributed by atoms with van der Waals surface area (Å²) in [5, 5.41) is 12.3. The fraction of sp³-hybridized carbons (Fsp3) is 0.217. The number of rotatable bonds is 6. The first kappa shape index (κ1) is 22.1. The van der Waals surface area contributed by atoms with Crippen molar-refractivity contribution in [2.45, 2.75) is 12.3 Å². The van der Waals surface area contributed by atoms with E-state index in [2.05, 4.69) is 5.32 Å². The third-order valence-electron chi connectivity index (χ3n) is 5.47. The van der Waals surface area contributed by atoms with Crippen LogP contribution < -0.4 is 19.5 Å². The Balaban J connectivity index is 2.00. The molecule has 172 valence electrons. The average molecular weight is 458 g/mol. The second-order valence-corrected chi connectivity index (χ2v) is 7.37. The van der Waals surface area contributed by atoms with Gasteiger partial charge in [0, 0.05) is 24.6 Å². The van der Waals surface area contributed by atoms with Crippen LogP contribution in [0.3, 0.4) is 0 Å². The molecule has 2 heterocycles. The lowest BCUT2D eigenvalue weighted by molar-refractivity contribution is -0.116. The van der Waals surface area contributed by atoms with E-state index in [1.54, 1.807) is 12.1 Å². The summed E-state index contributed by atoms with van der Waals surface area (Å²) in [6.07, 6.45) is 1.18. The predicted molar refractivity (Wildman–Crippen MR) is 114 cm³/mol. The molecular formula is C23H20F2N2O6. The van der Waals surface area contributed by atoms with E-state index in [4.69, 9.17) is 14.2 Å². The van der Waals surface area contributed by atoms with Crippen LogP contribution in [0.5, 0.6) is 17.2 Å². The van der Waals surface area contributed by atoms with Crippen LogP contribution in [0, 0.1) is 11.6 Å². The van der Waals surface area contributed by atoms with Crippen molar-refractivity contribution in [2.24, 2.45) is 0 Å². The molecule has 0 radical (unpaired) electrons. The zero-order valence-corrected chi connectivity index (χ0v) is 17.9. The molecule has 0 saturated heterocycles. The number of carboxylic acids is 1. The molecule has 1 aliphatic heterocycles. The number of carbonyl (C=O) groups excluding carboxylic acids is 1. The van der Waals surface area contributed by atoms with Crippen molar-refractivity contribution in [2.75, 3.05) is 26.6 Å². The molecule has 1 amide bonds. The van der Waals surface area contributed by atoms with Crippen LogP contribution in [0.25, 0.3) is 5.69 Å². The van der Waals surface area contributed by atoms with Crippen molar-refractivity contribution < 1.29 is 37.7 Å². The summed E-state index contributed by atoms with van der Waals surface area (Å²) in [6.45, 7) is 0. The van der Waals surface area contributed by atoms with Crippen molar-refractivity contribution in [3.63, 3.8) is 0 Å². The first-order valence-corrected chi connectivity index (χ1v) is 9.82. The molecule has 1 aromatic heterocycles. The molecule has 4 rings (SSSR count). The zero-order chi connectivity index (χ0) is 23.9. The number of hydrogen-bond acceptors (Lipinski definition) is 5. The predicted octanol–water partition coefficient (Wildman–Crippen LogP) is 3.95. The van der Waals surface area contributed by atoms with E-state index in [0.29, 0.717) is 28.5 Å². The number of aromatic nitrogens is 1. The molecule has 8 nitrogen and oxygen atoms in total. The van der Waals surface area contributed by atoms with Gasteiger partial charge in [0.05, 0.1) is 38.4 Å². The third kappa shape index (κ3) is 3.84. The molecule has 0 fully saturated rings. The first-order valence-electron chi connectivity index (χ1n) is 9.82. The van der Waals surface area contributed by atoms with Gasteiger partial charge in [0.25, 0.3) is 0 Å². The summed E-state index contributed by atoms with van der Waals surface area (Å²) < 4.78 is 45.5. The number of nitrogens with zero attached hydrogens (tertiary/aromatic N) is 1. The van der Waals surface area contributed by atoms with Gasteiger partial charge in [-0.2, -0.15) is 0 Å². The van der Waals surface area contributed by atoms with Crippen molar-refractivity contribution >= 4 is 17.6 Å². The fourth-order valence-electron chi connectivity index (χ4n) is 4.10. The lowest BCUT2D eigenvalue weighted by Crippen LogP contribution is -2.25. The number of fused-ring (bicyclic) bond motifs is 1. The van der Waals surface area contributed by atoms with Crippen LogP contribution in [-0.4, -0.2) is 42.9 Å². The molecule has 0 aliphatic carbocycles. The molecule has 0 unspecified atom stereocenters. The molecule has 3 aromatic rings. The van der Waals surface area contributed by atoms with Crippen LogP contribution in [0.1, 0.15) is 34.0 Å². The topological polar surface area (TPSA) is 99.0 Å². The van der Waals surface area contributed by atoms with E-state index in [-0.39, 0.29) is 23.4 Å². The van der Waals surface area contributed by atoms with Crippen molar-refractivity contribution in [3.05, 3.63) is 65.0 Å². The van der Waals surface area contributed by atoms with Gasteiger partial charge in [-0.15, -0.1) is 0 Å². The maximum absolute atomic E-state index is 14.0. The molecule has 33 heavy (non-hydrogen) atoms. The number of carbonyl (C=O) groups is 2. The minimum Gasteiger partial charge on any atom is -0.493 e. The van der Waals surface area contributed by atoms with Gasteiger partial charge in [0.1, 0.15) is 17.2 Å². The average Bonchev–Trinajstić information content (AvgIpc) is 3.16. The van der Waals surface area contributed by atoms with Gasteiger partial charge in [0.2, 0.25) is 11.7 Å². The number of aromatic carboxylic acids is 1. The summed E-state index contributed by atoms with van der Waals surface area (Å²) in [5.41, 5.74) is 0.840. The Hall–Kier alpha value is -4.08. The zero-order valence-electron chi connectivity index (χ0n) is 17.9. The highest BCUT2D eigenvalue weighted by Crippen LogP contribution is 2.46. The van der Waals surface area contributed by atoms with Crippen LogP contribution >= 0.6 is 0 Å².